The molecule has 0 atom stereocenters. The third-order valence-corrected chi connectivity index (χ3v) is 5.31. The van der Waals surface area contributed by atoms with Gasteiger partial charge in [-0.1, -0.05) is 12.1 Å². The Morgan fingerprint density at radius 2 is 1.94 bits per heavy atom. The van der Waals surface area contributed by atoms with Crippen LogP contribution in [0.5, 0.6) is 11.5 Å². The molecule has 1 aliphatic heterocycles. The molecule has 0 fully saturated rings. The van der Waals surface area contributed by atoms with Crippen molar-refractivity contribution < 1.29 is 19.2 Å². The third-order valence-electron chi connectivity index (χ3n) is 5.31. The molecule has 32 heavy (non-hydrogen) atoms. The summed E-state index contributed by atoms with van der Waals surface area (Å²) < 4.78 is 12.5. The molecule has 1 aromatic heterocycles. The lowest BCUT2D eigenvalue weighted by molar-refractivity contribution is -0.384. The van der Waals surface area contributed by atoms with Crippen molar-refractivity contribution in [3.63, 3.8) is 0 Å². The molecule has 1 amide bonds. The number of fused-ring (bicyclic) bond motifs is 1. The average molecular weight is 434 g/mol. The predicted octanol–water partition coefficient (Wildman–Crippen LogP) is 3.73. The minimum absolute atomic E-state index is 0.0316. The number of benzene rings is 2. The van der Waals surface area contributed by atoms with Crippen LogP contribution in [0.4, 0.5) is 5.69 Å². The quantitative estimate of drug-likeness (QED) is 0.361. The summed E-state index contributed by atoms with van der Waals surface area (Å²) in [5.41, 5.74) is 7.58. The molecule has 4 rings (SSSR count). The minimum atomic E-state index is -0.408. The van der Waals surface area contributed by atoms with E-state index in [-0.39, 0.29) is 24.8 Å². The molecule has 2 heterocycles. The third kappa shape index (κ3) is 4.18. The van der Waals surface area contributed by atoms with Crippen molar-refractivity contribution in [3.05, 3.63) is 80.7 Å². The van der Waals surface area contributed by atoms with Crippen LogP contribution in [0.3, 0.4) is 0 Å². The van der Waals surface area contributed by atoms with Crippen molar-refractivity contribution in [2.45, 2.75) is 27.2 Å². The molecular formula is C23H22N4O5. The fourth-order valence-electron chi connectivity index (χ4n) is 3.69. The molecule has 2 aromatic carbocycles. The first-order valence-corrected chi connectivity index (χ1v) is 9.98. The Kier molecular flexibility index (Phi) is 5.63. The van der Waals surface area contributed by atoms with E-state index in [9.17, 15) is 14.9 Å². The number of carbonyl (C=O) groups is 1. The number of hydrazone groups is 1. The number of nitro benzene ring substituents is 1. The first-order valence-electron chi connectivity index (χ1n) is 9.98. The molecule has 0 spiro atoms. The molecule has 164 valence electrons. The van der Waals surface area contributed by atoms with Gasteiger partial charge in [-0.15, -0.1) is 0 Å². The van der Waals surface area contributed by atoms with Crippen LogP contribution in [0.15, 0.2) is 47.6 Å². The van der Waals surface area contributed by atoms with Gasteiger partial charge < -0.3 is 14.0 Å². The van der Waals surface area contributed by atoms with Crippen LogP contribution in [0, 0.1) is 30.9 Å². The van der Waals surface area contributed by atoms with Crippen molar-refractivity contribution in [2.75, 3.05) is 6.79 Å². The van der Waals surface area contributed by atoms with Gasteiger partial charge in [0.1, 0.15) is 0 Å². The summed E-state index contributed by atoms with van der Waals surface area (Å²) in [6.07, 6.45) is 1.73. The highest BCUT2D eigenvalue weighted by Crippen LogP contribution is 2.32. The summed E-state index contributed by atoms with van der Waals surface area (Å²) in [6, 6.07) is 12.1. The lowest BCUT2D eigenvalue weighted by Gasteiger charge is -2.12. The van der Waals surface area contributed by atoms with E-state index in [0.717, 1.165) is 33.8 Å². The molecule has 0 unspecified atom stereocenters. The number of nitrogens with zero attached hydrogens (tertiary/aromatic N) is 3. The van der Waals surface area contributed by atoms with Gasteiger partial charge in [-0.25, -0.2) is 5.43 Å². The first kappa shape index (κ1) is 21.1. The van der Waals surface area contributed by atoms with Gasteiger partial charge in [-0.3, -0.25) is 14.9 Å². The molecule has 9 nitrogen and oxygen atoms in total. The van der Waals surface area contributed by atoms with E-state index in [4.69, 9.17) is 9.47 Å². The average Bonchev–Trinajstić information content (AvgIpc) is 3.32. The van der Waals surface area contributed by atoms with E-state index in [1.54, 1.807) is 30.5 Å². The SMILES string of the molecule is Cc1ccc([N+](=O)[O-])cc1-n1c(C)cc(/C=N\NC(=O)Cc2ccc3c(c2)OCO3)c1C. The highest BCUT2D eigenvalue weighted by molar-refractivity contribution is 5.85. The summed E-state index contributed by atoms with van der Waals surface area (Å²) in [5, 5.41) is 15.3. The summed E-state index contributed by atoms with van der Waals surface area (Å²) in [5.74, 6) is 1.03. The number of ether oxygens (including phenoxy) is 2. The van der Waals surface area contributed by atoms with Gasteiger partial charge in [-0.05, 0) is 50.1 Å². The highest BCUT2D eigenvalue weighted by Gasteiger charge is 2.16. The number of carbonyl (C=O) groups excluding carboxylic acids is 1. The Morgan fingerprint density at radius 1 is 1.16 bits per heavy atom. The number of hydrogen-bond acceptors (Lipinski definition) is 6. The summed E-state index contributed by atoms with van der Waals surface area (Å²) >= 11 is 0. The van der Waals surface area contributed by atoms with E-state index in [2.05, 4.69) is 10.5 Å². The normalized spacial score (nSPS) is 12.3. The zero-order chi connectivity index (χ0) is 22.8. The Labute approximate surface area is 184 Å². The number of aromatic nitrogens is 1. The lowest BCUT2D eigenvalue weighted by atomic mass is 10.1. The number of non-ortho nitro benzene ring substituents is 1. The van der Waals surface area contributed by atoms with Crippen LogP contribution in [0.1, 0.15) is 28.1 Å². The van der Waals surface area contributed by atoms with Gasteiger partial charge in [0.05, 0.1) is 23.2 Å². The topological polar surface area (TPSA) is 108 Å². The van der Waals surface area contributed by atoms with Crippen LogP contribution in [-0.4, -0.2) is 28.4 Å². The number of aryl methyl sites for hydroxylation is 2. The van der Waals surface area contributed by atoms with Gasteiger partial charge in [0.2, 0.25) is 12.7 Å². The number of nitro groups is 1. The zero-order valence-corrected chi connectivity index (χ0v) is 17.9. The molecular weight excluding hydrogens is 412 g/mol. The van der Waals surface area contributed by atoms with Crippen LogP contribution in [0.2, 0.25) is 0 Å². The van der Waals surface area contributed by atoms with E-state index < -0.39 is 4.92 Å². The fourth-order valence-corrected chi connectivity index (χ4v) is 3.69. The molecule has 0 saturated carbocycles. The fraction of sp³-hybridized carbons (Fsp3) is 0.217. The van der Waals surface area contributed by atoms with Crippen LogP contribution >= 0.6 is 0 Å². The monoisotopic (exact) mass is 434 g/mol. The summed E-state index contributed by atoms with van der Waals surface area (Å²) in [4.78, 5) is 23.0. The van der Waals surface area contributed by atoms with Gasteiger partial charge >= 0.3 is 0 Å². The van der Waals surface area contributed by atoms with E-state index >= 15 is 0 Å². The maximum Gasteiger partial charge on any atom is 0.271 e. The molecule has 0 aliphatic carbocycles. The molecule has 1 N–H and O–H groups in total. The Morgan fingerprint density at radius 3 is 2.72 bits per heavy atom. The largest absolute Gasteiger partial charge is 0.454 e. The lowest BCUT2D eigenvalue weighted by Crippen LogP contribution is -2.19. The molecule has 1 aliphatic rings. The predicted molar refractivity (Wildman–Crippen MR) is 119 cm³/mol. The maximum atomic E-state index is 12.3. The number of hydrogen-bond donors (Lipinski definition) is 1. The Balaban J connectivity index is 1.48. The van der Waals surface area contributed by atoms with Crippen LogP contribution < -0.4 is 14.9 Å². The Bertz CT molecular complexity index is 1250. The second-order valence-corrected chi connectivity index (χ2v) is 7.55. The first-order chi connectivity index (χ1) is 15.3. The standard InChI is InChI=1S/C23H22N4O5/c1-14-4-6-19(27(29)30)11-20(14)26-15(2)8-18(16(26)3)12-24-25-23(28)10-17-5-7-21-22(9-17)32-13-31-21/h4-9,11-12H,10,13H2,1-3H3,(H,25,28)/b24-12-. The number of nitrogens with one attached hydrogen (secondary N) is 1. The highest BCUT2D eigenvalue weighted by atomic mass is 16.7. The smallest absolute Gasteiger partial charge is 0.271 e. The molecule has 0 radical (unpaired) electrons. The van der Waals surface area contributed by atoms with E-state index in [1.807, 2.05) is 37.5 Å². The maximum absolute atomic E-state index is 12.3. The van der Waals surface area contributed by atoms with E-state index in [1.165, 1.54) is 6.07 Å². The van der Waals surface area contributed by atoms with Gasteiger partial charge in [0.15, 0.2) is 11.5 Å². The molecule has 0 bridgehead atoms. The van der Waals surface area contributed by atoms with Crippen LogP contribution in [-0.2, 0) is 11.2 Å². The number of amides is 1. The second kappa shape index (κ2) is 8.54. The summed E-state index contributed by atoms with van der Waals surface area (Å²) in [7, 11) is 0. The van der Waals surface area contributed by atoms with E-state index in [0.29, 0.717) is 11.5 Å². The van der Waals surface area contributed by atoms with Crippen molar-refractivity contribution in [1.82, 2.24) is 9.99 Å². The van der Waals surface area contributed by atoms with Crippen molar-refractivity contribution in [3.8, 4) is 17.2 Å². The van der Waals surface area contributed by atoms with Crippen LogP contribution in [0.25, 0.3) is 5.69 Å². The van der Waals surface area contributed by atoms with Crippen molar-refractivity contribution in [2.24, 2.45) is 5.10 Å². The van der Waals surface area contributed by atoms with Gasteiger partial charge in [0.25, 0.3) is 5.69 Å². The molecule has 0 saturated heterocycles. The second-order valence-electron chi connectivity index (χ2n) is 7.55. The van der Waals surface area contributed by atoms with Gasteiger partial charge in [-0.2, -0.15) is 5.10 Å². The molecule has 9 heteroatoms. The van der Waals surface area contributed by atoms with Crippen molar-refractivity contribution >= 4 is 17.8 Å². The van der Waals surface area contributed by atoms with Crippen molar-refractivity contribution in [1.29, 1.82) is 0 Å². The van der Waals surface area contributed by atoms with Gasteiger partial charge in [0, 0.05) is 29.1 Å². The summed E-state index contributed by atoms with van der Waals surface area (Å²) in [6.45, 7) is 5.91. The Hall–Kier alpha value is -4.14. The zero-order valence-electron chi connectivity index (χ0n) is 17.9. The number of rotatable bonds is 6. The minimum Gasteiger partial charge on any atom is -0.454 e. The molecule has 3 aromatic rings.